The van der Waals surface area contributed by atoms with Gasteiger partial charge < -0.3 is 16.2 Å². The number of aliphatic carboxylic acids is 1. The minimum Gasteiger partial charge on any atom is -0.480 e. The molecule has 1 fully saturated rings. The molecule has 0 bridgehead atoms. The standard InChI is InChI=1S/C10H18N2O3/c1-6(7(2)11)8(13)12-10(9(14)15)4-3-5-10/h6-7H,3-5,11H2,1-2H3,(H,12,13)(H,14,15). The van der Waals surface area contributed by atoms with E-state index < -0.39 is 11.5 Å². The molecule has 2 unspecified atom stereocenters. The van der Waals surface area contributed by atoms with E-state index in [1.807, 2.05) is 0 Å². The Balaban J connectivity index is 2.60. The average Bonchev–Trinajstić information content (AvgIpc) is 2.08. The van der Waals surface area contributed by atoms with Crippen molar-refractivity contribution in [1.29, 1.82) is 0 Å². The predicted molar refractivity (Wildman–Crippen MR) is 55.2 cm³/mol. The first-order chi connectivity index (χ1) is 6.89. The van der Waals surface area contributed by atoms with Crippen LogP contribution < -0.4 is 11.1 Å². The van der Waals surface area contributed by atoms with E-state index in [9.17, 15) is 9.59 Å². The number of carboxylic acids is 1. The van der Waals surface area contributed by atoms with E-state index in [2.05, 4.69) is 5.32 Å². The lowest BCUT2D eigenvalue weighted by Crippen LogP contribution is -2.60. The number of carboxylic acid groups (broad SMARTS) is 1. The van der Waals surface area contributed by atoms with E-state index in [4.69, 9.17) is 10.8 Å². The Morgan fingerprint density at radius 3 is 2.20 bits per heavy atom. The molecule has 0 aliphatic heterocycles. The molecule has 0 heterocycles. The van der Waals surface area contributed by atoms with Crippen molar-refractivity contribution in [2.45, 2.75) is 44.7 Å². The average molecular weight is 214 g/mol. The molecule has 5 nitrogen and oxygen atoms in total. The Labute approximate surface area is 89.0 Å². The third kappa shape index (κ3) is 2.28. The van der Waals surface area contributed by atoms with E-state index in [0.29, 0.717) is 12.8 Å². The number of rotatable bonds is 4. The van der Waals surface area contributed by atoms with Crippen LogP contribution in [0.15, 0.2) is 0 Å². The van der Waals surface area contributed by atoms with Crippen molar-refractivity contribution < 1.29 is 14.7 Å². The molecule has 1 aliphatic rings. The summed E-state index contributed by atoms with van der Waals surface area (Å²) in [7, 11) is 0. The monoisotopic (exact) mass is 214 g/mol. The van der Waals surface area contributed by atoms with Crippen molar-refractivity contribution in [2.24, 2.45) is 11.7 Å². The van der Waals surface area contributed by atoms with Crippen LogP contribution in [0.5, 0.6) is 0 Å². The summed E-state index contributed by atoms with van der Waals surface area (Å²) < 4.78 is 0. The van der Waals surface area contributed by atoms with Crippen molar-refractivity contribution in [1.82, 2.24) is 5.32 Å². The summed E-state index contributed by atoms with van der Waals surface area (Å²) in [5.41, 5.74) is 4.56. The molecule has 0 spiro atoms. The summed E-state index contributed by atoms with van der Waals surface area (Å²) in [5.74, 6) is -1.58. The smallest absolute Gasteiger partial charge is 0.329 e. The van der Waals surface area contributed by atoms with Crippen molar-refractivity contribution in [3.8, 4) is 0 Å². The molecule has 0 aromatic carbocycles. The maximum absolute atomic E-state index is 11.6. The minimum atomic E-state index is -1.03. The summed E-state index contributed by atoms with van der Waals surface area (Å²) in [5, 5.41) is 11.6. The molecule has 0 radical (unpaired) electrons. The van der Waals surface area contributed by atoms with Gasteiger partial charge in [-0.1, -0.05) is 6.92 Å². The molecular weight excluding hydrogens is 196 g/mol. The first-order valence-electron chi connectivity index (χ1n) is 5.20. The largest absolute Gasteiger partial charge is 0.480 e. The molecule has 1 amide bonds. The Bertz CT molecular complexity index is 272. The Morgan fingerprint density at radius 1 is 1.40 bits per heavy atom. The van der Waals surface area contributed by atoms with E-state index in [-0.39, 0.29) is 17.9 Å². The van der Waals surface area contributed by atoms with Crippen molar-refractivity contribution in [3.63, 3.8) is 0 Å². The number of carbonyl (C=O) groups excluding carboxylic acids is 1. The van der Waals surface area contributed by atoms with Crippen LogP contribution in [0.4, 0.5) is 0 Å². The molecule has 4 N–H and O–H groups in total. The van der Waals surface area contributed by atoms with Gasteiger partial charge in [-0.3, -0.25) is 4.79 Å². The molecule has 1 rings (SSSR count). The number of amides is 1. The summed E-state index contributed by atoms with van der Waals surface area (Å²) in [4.78, 5) is 22.6. The van der Waals surface area contributed by atoms with Crippen LogP contribution in [0, 0.1) is 5.92 Å². The van der Waals surface area contributed by atoms with Gasteiger partial charge >= 0.3 is 5.97 Å². The van der Waals surface area contributed by atoms with Crippen LogP contribution in [0.3, 0.4) is 0 Å². The van der Waals surface area contributed by atoms with Crippen LogP contribution in [0.2, 0.25) is 0 Å². The fourth-order valence-electron chi connectivity index (χ4n) is 1.51. The maximum atomic E-state index is 11.6. The highest BCUT2D eigenvalue weighted by Gasteiger charge is 2.46. The zero-order chi connectivity index (χ0) is 11.6. The highest BCUT2D eigenvalue weighted by atomic mass is 16.4. The first-order valence-corrected chi connectivity index (χ1v) is 5.20. The highest BCUT2D eigenvalue weighted by molar-refractivity contribution is 5.88. The highest BCUT2D eigenvalue weighted by Crippen LogP contribution is 2.32. The summed E-state index contributed by atoms with van der Waals surface area (Å²) in [6, 6.07) is -0.268. The molecule has 1 aliphatic carbocycles. The lowest BCUT2D eigenvalue weighted by molar-refractivity contribution is -0.152. The zero-order valence-electron chi connectivity index (χ0n) is 9.12. The van der Waals surface area contributed by atoms with E-state index >= 15 is 0 Å². The molecule has 2 atom stereocenters. The van der Waals surface area contributed by atoms with Gasteiger partial charge in [0.05, 0.1) is 0 Å². The van der Waals surface area contributed by atoms with Gasteiger partial charge in [0.2, 0.25) is 5.91 Å². The van der Waals surface area contributed by atoms with E-state index in [1.54, 1.807) is 13.8 Å². The fraction of sp³-hybridized carbons (Fsp3) is 0.800. The number of nitrogens with one attached hydrogen (secondary N) is 1. The van der Waals surface area contributed by atoms with E-state index in [1.165, 1.54) is 0 Å². The van der Waals surface area contributed by atoms with Crippen LogP contribution in [-0.4, -0.2) is 28.6 Å². The summed E-state index contributed by atoms with van der Waals surface area (Å²) >= 11 is 0. The predicted octanol–water partition coefficient (Wildman–Crippen LogP) is 0.0932. The van der Waals surface area contributed by atoms with Crippen LogP contribution in [0.1, 0.15) is 33.1 Å². The molecule has 86 valence electrons. The van der Waals surface area contributed by atoms with Crippen LogP contribution in [-0.2, 0) is 9.59 Å². The topological polar surface area (TPSA) is 92.4 Å². The molecule has 0 saturated heterocycles. The molecule has 1 saturated carbocycles. The lowest BCUT2D eigenvalue weighted by Gasteiger charge is -2.39. The Morgan fingerprint density at radius 2 is 1.93 bits per heavy atom. The molecular formula is C10H18N2O3. The molecule has 0 aromatic heterocycles. The van der Waals surface area contributed by atoms with Gasteiger partial charge in [0.15, 0.2) is 0 Å². The quantitative estimate of drug-likeness (QED) is 0.618. The second kappa shape index (κ2) is 4.18. The van der Waals surface area contributed by atoms with Gasteiger partial charge in [-0.15, -0.1) is 0 Å². The van der Waals surface area contributed by atoms with Gasteiger partial charge in [-0.2, -0.15) is 0 Å². The maximum Gasteiger partial charge on any atom is 0.329 e. The third-order valence-electron chi connectivity index (χ3n) is 3.18. The second-order valence-corrected chi connectivity index (χ2v) is 4.38. The Hall–Kier alpha value is -1.10. The zero-order valence-corrected chi connectivity index (χ0v) is 9.12. The van der Waals surface area contributed by atoms with E-state index in [0.717, 1.165) is 6.42 Å². The van der Waals surface area contributed by atoms with Crippen LogP contribution >= 0.6 is 0 Å². The van der Waals surface area contributed by atoms with Crippen molar-refractivity contribution >= 4 is 11.9 Å². The van der Waals surface area contributed by atoms with Gasteiger partial charge in [0.25, 0.3) is 0 Å². The van der Waals surface area contributed by atoms with Gasteiger partial charge in [-0.05, 0) is 26.2 Å². The van der Waals surface area contributed by atoms with Gasteiger partial charge in [0.1, 0.15) is 5.54 Å². The summed E-state index contributed by atoms with van der Waals surface area (Å²) in [6.45, 7) is 3.44. The lowest BCUT2D eigenvalue weighted by atomic mass is 9.76. The fourth-order valence-corrected chi connectivity index (χ4v) is 1.51. The second-order valence-electron chi connectivity index (χ2n) is 4.38. The molecule has 5 heteroatoms. The van der Waals surface area contributed by atoms with Gasteiger partial charge in [0, 0.05) is 12.0 Å². The molecule has 15 heavy (non-hydrogen) atoms. The van der Waals surface area contributed by atoms with Crippen molar-refractivity contribution in [3.05, 3.63) is 0 Å². The first kappa shape index (κ1) is 12.0. The van der Waals surface area contributed by atoms with Crippen LogP contribution in [0.25, 0.3) is 0 Å². The number of nitrogens with two attached hydrogens (primary N) is 1. The summed E-state index contributed by atoms with van der Waals surface area (Å²) in [6.07, 6.45) is 1.87. The number of carbonyl (C=O) groups is 2. The van der Waals surface area contributed by atoms with Crippen molar-refractivity contribution in [2.75, 3.05) is 0 Å². The Kier molecular flexibility index (Phi) is 3.34. The normalized spacial score (nSPS) is 22.3. The minimum absolute atomic E-state index is 0.268. The van der Waals surface area contributed by atoms with Gasteiger partial charge in [-0.25, -0.2) is 4.79 Å². The molecule has 0 aromatic rings. The number of hydrogen-bond acceptors (Lipinski definition) is 3. The SMILES string of the molecule is CC(N)C(C)C(=O)NC1(C(=O)O)CCC1. The third-order valence-corrected chi connectivity index (χ3v) is 3.18. The number of hydrogen-bond donors (Lipinski definition) is 3.